The molecule has 4 atom stereocenters. The number of hydrogen-bond donors (Lipinski definition) is 1. The van der Waals surface area contributed by atoms with Crippen molar-refractivity contribution < 1.29 is 5.11 Å². The molecule has 2 saturated carbocycles. The second-order valence-electron chi connectivity index (χ2n) is 4.58. The maximum atomic E-state index is 7.57. The molecule has 0 aromatic carbocycles. The summed E-state index contributed by atoms with van der Waals surface area (Å²) in [5, 5.41) is 7.57. The number of hydrogen-bond acceptors (Lipinski definition) is 1. The zero-order valence-corrected chi connectivity index (χ0v) is 11.3. The van der Waals surface area contributed by atoms with Crippen LogP contribution in [0.1, 0.15) is 60.3 Å². The number of aliphatic hydroxyl groups excluding tert-OH is 1. The fraction of sp³-hybridized carbons (Fsp3) is 1.00. The molecule has 0 amide bonds. The first-order valence-corrected chi connectivity index (χ1v) is 6.85. The van der Waals surface area contributed by atoms with Gasteiger partial charge in [0.25, 0.3) is 0 Å². The van der Waals surface area contributed by atoms with Gasteiger partial charge in [0, 0.05) is 6.61 Å². The normalized spacial score (nSPS) is 36.4. The number of aliphatic hydroxyl groups is 1. The highest BCUT2D eigenvalue weighted by Crippen LogP contribution is 2.52. The van der Waals surface area contributed by atoms with E-state index >= 15 is 0 Å². The highest BCUT2D eigenvalue weighted by molar-refractivity contribution is 4.93. The van der Waals surface area contributed by atoms with Gasteiger partial charge in [-0.05, 0) is 49.9 Å². The van der Waals surface area contributed by atoms with Crippen molar-refractivity contribution >= 4 is 0 Å². The molecular weight excluding hydrogens is 184 g/mol. The van der Waals surface area contributed by atoms with Crippen LogP contribution in [-0.4, -0.2) is 11.7 Å². The van der Waals surface area contributed by atoms with Crippen LogP contribution >= 0.6 is 0 Å². The van der Waals surface area contributed by atoms with E-state index in [4.69, 9.17) is 5.11 Å². The summed E-state index contributed by atoms with van der Waals surface area (Å²) in [4.78, 5) is 0. The van der Waals surface area contributed by atoms with Gasteiger partial charge >= 0.3 is 0 Å². The minimum atomic E-state index is 0.250. The van der Waals surface area contributed by atoms with Crippen molar-refractivity contribution in [1.29, 1.82) is 0 Å². The quantitative estimate of drug-likeness (QED) is 0.696. The SMILES string of the molecule is CC.CCC1C2CCC(C2)C1C.CCO. The molecule has 0 radical (unpaired) electrons. The van der Waals surface area contributed by atoms with Crippen LogP contribution in [0, 0.1) is 23.7 Å². The van der Waals surface area contributed by atoms with E-state index in [0.717, 1.165) is 23.7 Å². The van der Waals surface area contributed by atoms with Gasteiger partial charge in [-0.25, -0.2) is 0 Å². The van der Waals surface area contributed by atoms with E-state index in [2.05, 4.69) is 13.8 Å². The van der Waals surface area contributed by atoms with Crippen molar-refractivity contribution in [2.75, 3.05) is 6.61 Å². The molecule has 2 aliphatic rings. The van der Waals surface area contributed by atoms with Crippen molar-refractivity contribution in [3.05, 3.63) is 0 Å². The molecule has 1 nitrogen and oxygen atoms in total. The van der Waals surface area contributed by atoms with Crippen molar-refractivity contribution in [1.82, 2.24) is 0 Å². The predicted octanol–water partition coefficient (Wildman–Crippen LogP) is 4.10. The summed E-state index contributed by atoms with van der Waals surface area (Å²) in [7, 11) is 0. The van der Waals surface area contributed by atoms with Crippen LogP contribution < -0.4 is 0 Å². The average molecular weight is 214 g/mol. The topological polar surface area (TPSA) is 20.2 Å². The maximum absolute atomic E-state index is 7.57. The lowest BCUT2D eigenvalue weighted by atomic mass is 9.79. The fourth-order valence-electron chi connectivity index (χ4n) is 3.40. The lowest BCUT2D eigenvalue weighted by Gasteiger charge is -2.26. The molecule has 1 heteroatoms. The Morgan fingerprint density at radius 1 is 1.07 bits per heavy atom. The van der Waals surface area contributed by atoms with Gasteiger partial charge in [-0.3, -0.25) is 0 Å². The smallest absolute Gasteiger partial charge is 0.0402 e. The summed E-state index contributed by atoms with van der Waals surface area (Å²) in [6.07, 6.45) is 6.10. The highest BCUT2D eigenvalue weighted by Gasteiger charge is 2.43. The van der Waals surface area contributed by atoms with E-state index in [9.17, 15) is 0 Å². The first kappa shape index (κ1) is 15.0. The lowest BCUT2D eigenvalue weighted by Crippen LogP contribution is -2.18. The van der Waals surface area contributed by atoms with Crippen LogP contribution in [0.3, 0.4) is 0 Å². The molecule has 0 saturated heterocycles. The molecule has 0 aromatic rings. The summed E-state index contributed by atoms with van der Waals surface area (Å²) >= 11 is 0. The van der Waals surface area contributed by atoms with Gasteiger partial charge in [-0.2, -0.15) is 0 Å². The molecular formula is C14H30O. The summed E-state index contributed by atoms with van der Waals surface area (Å²) in [5.41, 5.74) is 0. The van der Waals surface area contributed by atoms with Crippen molar-refractivity contribution in [2.45, 2.75) is 60.3 Å². The van der Waals surface area contributed by atoms with Crippen molar-refractivity contribution in [3.8, 4) is 0 Å². The molecule has 2 aliphatic carbocycles. The third-order valence-electron chi connectivity index (χ3n) is 4.01. The van der Waals surface area contributed by atoms with Gasteiger partial charge in [-0.1, -0.05) is 34.1 Å². The minimum Gasteiger partial charge on any atom is -0.397 e. The first-order chi connectivity index (χ1) is 7.24. The van der Waals surface area contributed by atoms with Crippen LogP contribution in [0.15, 0.2) is 0 Å². The molecule has 0 heterocycles. The molecule has 92 valence electrons. The Bertz CT molecular complexity index is 142. The van der Waals surface area contributed by atoms with E-state index in [1.165, 1.54) is 6.42 Å². The van der Waals surface area contributed by atoms with Gasteiger partial charge in [0.1, 0.15) is 0 Å². The third-order valence-corrected chi connectivity index (χ3v) is 4.01. The largest absolute Gasteiger partial charge is 0.397 e. The first-order valence-electron chi connectivity index (χ1n) is 6.85. The van der Waals surface area contributed by atoms with Gasteiger partial charge in [0.05, 0.1) is 0 Å². The van der Waals surface area contributed by atoms with Crippen molar-refractivity contribution in [2.24, 2.45) is 23.7 Å². The van der Waals surface area contributed by atoms with Gasteiger partial charge in [-0.15, -0.1) is 0 Å². The Kier molecular flexibility index (Phi) is 8.13. The Labute approximate surface area is 96.3 Å². The van der Waals surface area contributed by atoms with Gasteiger partial charge in [0.15, 0.2) is 0 Å². The Morgan fingerprint density at radius 3 is 1.80 bits per heavy atom. The Morgan fingerprint density at radius 2 is 1.53 bits per heavy atom. The van der Waals surface area contributed by atoms with E-state index in [1.807, 2.05) is 13.8 Å². The molecule has 0 aromatic heterocycles. The van der Waals surface area contributed by atoms with Gasteiger partial charge in [0.2, 0.25) is 0 Å². The Balaban J connectivity index is 0.000000342. The zero-order chi connectivity index (χ0) is 11.8. The number of rotatable bonds is 1. The number of fused-ring (bicyclic) bond motifs is 2. The van der Waals surface area contributed by atoms with Crippen LogP contribution in [0.4, 0.5) is 0 Å². The molecule has 0 spiro atoms. The lowest BCUT2D eigenvalue weighted by molar-refractivity contribution is 0.233. The van der Waals surface area contributed by atoms with Crippen LogP contribution in [0.5, 0.6) is 0 Å². The minimum absolute atomic E-state index is 0.250. The molecule has 2 fully saturated rings. The Hall–Kier alpha value is -0.0400. The summed E-state index contributed by atoms with van der Waals surface area (Å²) in [5.74, 6) is 4.41. The van der Waals surface area contributed by atoms with Crippen molar-refractivity contribution in [3.63, 3.8) is 0 Å². The maximum Gasteiger partial charge on any atom is 0.0402 e. The molecule has 4 unspecified atom stereocenters. The second kappa shape index (κ2) is 8.15. The van der Waals surface area contributed by atoms with E-state index < -0.39 is 0 Å². The molecule has 2 bridgehead atoms. The van der Waals surface area contributed by atoms with Crippen LogP contribution in [-0.2, 0) is 0 Å². The third kappa shape index (κ3) is 3.79. The molecule has 1 N–H and O–H groups in total. The van der Waals surface area contributed by atoms with Gasteiger partial charge < -0.3 is 5.11 Å². The van der Waals surface area contributed by atoms with Crippen LogP contribution in [0.2, 0.25) is 0 Å². The highest BCUT2D eigenvalue weighted by atomic mass is 16.2. The summed E-state index contributed by atoms with van der Waals surface area (Å²) < 4.78 is 0. The molecule has 2 rings (SSSR count). The average Bonchev–Trinajstić information content (AvgIpc) is 2.82. The molecule has 15 heavy (non-hydrogen) atoms. The monoisotopic (exact) mass is 214 g/mol. The van der Waals surface area contributed by atoms with Crippen LogP contribution in [0.25, 0.3) is 0 Å². The second-order valence-corrected chi connectivity index (χ2v) is 4.58. The van der Waals surface area contributed by atoms with E-state index in [1.54, 1.807) is 26.2 Å². The van der Waals surface area contributed by atoms with E-state index in [0.29, 0.717) is 0 Å². The van der Waals surface area contributed by atoms with E-state index in [-0.39, 0.29) is 6.61 Å². The fourth-order valence-corrected chi connectivity index (χ4v) is 3.40. The molecule has 0 aliphatic heterocycles. The predicted molar refractivity (Wildman–Crippen MR) is 67.9 cm³/mol. The summed E-state index contributed by atoms with van der Waals surface area (Å²) in [6, 6.07) is 0. The summed E-state index contributed by atoms with van der Waals surface area (Å²) in [6.45, 7) is 10.8. The standard InChI is InChI=1S/C10H18.C2H6O.C2H6/c1-3-10-7(2)8-4-5-9(10)6-8;1-2-3;1-2/h7-10H,3-6H2,1-2H3;3H,2H2,1H3;1-2H3. The zero-order valence-electron chi connectivity index (χ0n) is 11.3.